The molecule has 0 spiro atoms. The Labute approximate surface area is 187 Å². The summed E-state index contributed by atoms with van der Waals surface area (Å²) in [6, 6.07) is 20.5. The lowest BCUT2D eigenvalue weighted by molar-refractivity contribution is 0.0754. The molecule has 2 heterocycles. The largest absolute Gasteiger partial charge is 0.451 e. The second-order valence-electron chi connectivity index (χ2n) is 7.86. The van der Waals surface area contributed by atoms with E-state index in [9.17, 15) is 9.59 Å². The van der Waals surface area contributed by atoms with E-state index in [0.29, 0.717) is 17.9 Å². The molecule has 0 radical (unpaired) electrons. The minimum Gasteiger partial charge on any atom is -0.451 e. The van der Waals surface area contributed by atoms with Gasteiger partial charge in [0.05, 0.1) is 11.4 Å². The van der Waals surface area contributed by atoms with E-state index in [1.165, 1.54) is 6.92 Å². The number of hydrogen-bond donors (Lipinski definition) is 0. The fourth-order valence-electron chi connectivity index (χ4n) is 3.70. The Morgan fingerprint density at radius 2 is 1.66 bits per heavy atom. The SMILES string of the molecule is CC(=O)c1ccc(-c2ccc(C(=O)N(C)Cc3c(C)nn(-c4ccccc4)c3C)o2)cc1. The molecule has 0 fully saturated rings. The molecular weight excluding hydrogens is 402 g/mol. The third-order valence-corrected chi connectivity index (χ3v) is 5.58. The number of aryl methyl sites for hydroxylation is 1. The van der Waals surface area contributed by atoms with Crippen LogP contribution in [0.25, 0.3) is 17.0 Å². The van der Waals surface area contributed by atoms with Gasteiger partial charge < -0.3 is 9.32 Å². The highest BCUT2D eigenvalue weighted by Crippen LogP contribution is 2.25. The molecule has 6 heteroatoms. The number of hydrogen-bond acceptors (Lipinski definition) is 4. The maximum absolute atomic E-state index is 13.0. The van der Waals surface area contributed by atoms with E-state index in [-0.39, 0.29) is 17.5 Å². The molecular formula is C26H25N3O3. The molecule has 0 saturated heterocycles. The first kappa shape index (κ1) is 21.3. The van der Waals surface area contributed by atoms with Crippen molar-refractivity contribution in [3.8, 4) is 17.0 Å². The summed E-state index contributed by atoms with van der Waals surface area (Å²) in [7, 11) is 1.75. The monoisotopic (exact) mass is 427 g/mol. The Hall–Kier alpha value is -3.93. The Morgan fingerprint density at radius 3 is 2.31 bits per heavy atom. The highest BCUT2D eigenvalue weighted by molar-refractivity contribution is 5.94. The van der Waals surface area contributed by atoms with Gasteiger partial charge in [-0.1, -0.05) is 42.5 Å². The number of amides is 1. The maximum Gasteiger partial charge on any atom is 0.289 e. The highest BCUT2D eigenvalue weighted by Gasteiger charge is 2.21. The van der Waals surface area contributed by atoms with Gasteiger partial charge in [-0.15, -0.1) is 0 Å². The molecule has 162 valence electrons. The number of Topliss-reactive ketones (excluding diaryl/α,β-unsaturated/α-hetero) is 1. The van der Waals surface area contributed by atoms with Crippen LogP contribution in [0.3, 0.4) is 0 Å². The lowest BCUT2D eigenvalue weighted by Crippen LogP contribution is -2.26. The molecule has 6 nitrogen and oxygen atoms in total. The number of rotatable bonds is 6. The second-order valence-corrected chi connectivity index (χ2v) is 7.86. The molecule has 0 aliphatic carbocycles. The molecule has 0 unspecified atom stereocenters. The number of para-hydroxylation sites is 1. The Morgan fingerprint density at radius 1 is 0.969 bits per heavy atom. The van der Waals surface area contributed by atoms with E-state index in [1.54, 1.807) is 36.2 Å². The average Bonchev–Trinajstić information content (AvgIpc) is 3.40. The zero-order valence-corrected chi connectivity index (χ0v) is 18.6. The van der Waals surface area contributed by atoms with Crippen molar-refractivity contribution in [2.75, 3.05) is 7.05 Å². The van der Waals surface area contributed by atoms with Gasteiger partial charge in [0.1, 0.15) is 5.76 Å². The van der Waals surface area contributed by atoms with Crippen LogP contribution in [0.5, 0.6) is 0 Å². The van der Waals surface area contributed by atoms with Crippen LogP contribution >= 0.6 is 0 Å². The number of benzene rings is 2. The van der Waals surface area contributed by atoms with Gasteiger partial charge in [-0.3, -0.25) is 9.59 Å². The third kappa shape index (κ3) is 4.12. The average molecular weight is 428 g/mol. The predicted octanol–water partition coefficient (Wildman–Crippen LogP) is 5.22. The van der Waals surface area contributed by atoms with E-state index >= 15 is 0 Å². The standard InChI is InChI=1S/C26H25N3O3/c1-17-23(18(2)29(27-17)22-8-6-5-7-9-22)16-28(4)26(31)25-15-14-24(32-25)21-12-10-20(11-13-21)19(3)30/h5-15H,16H2,1-4H3. The summed E-state index contributed by atoms with van der Waals surface area (Å²) >= 11 is 0. The molecule has 0 N–H and O–H groups in total. The molecule has 0 aliphatic heterocycles. The van der Waals surface area contributed by atoms with Gasteiger partial charge in [-0.05, 0) is 45.0 Å². The molecule has 4 aromatic rings. The fraction of sp³-hybridized carbons (Fsp3) is 0.192. The molecule has 0 aliphatic rings. The number of aromatic nitrogens is 2. The highest BCUT2D eigenvalue weighted by atomic mass is 16.4. The van der Waals surface area contributed by atoms with E-state index in [4.69, 9.17) is 4.42 Å². The summed E-state index contributed by atoms with van der Waals surface area (Å²) in [5.41, 5.74) is 5.33. The van der Waals surface area contributed by atoms with E-state index in [2.05, 4.69) is 5.10 Å². The summed E-state index contributed by atoms with van der Waals surface area (Å²) < 4.78 is 7.73. The number of ketones is 1. The van der Waals surface area contributed by atoms with E-state index < -0.39 is 0 Å². The normalized spacial score (nSPS) is 10.9. The maximum atomic E-state index is 13.0. The van der Waals surface area contributed by atoms with Gasteiger partial charge in [-0.25, -0.2) is 4.68 Å². The van der Waals surface area contributed by atoms with Crippen LogP contribution in [-0.4, -0.2) is 33.4 Å². The van der Waals surface area contributed by atoms with Crippen molar-refractivity contribution < 1.29 is 14.0 Å². The lowest BCUT2D eigenvalue weighted by atomic mass is 10.1. The number of carbonyl (C=O) groups excluding carboxylic acids is 2. The van der Waals surface area contributed by atoms with Crippen LogP contribution in [0.1, 0.15) is 44.8 Å². The van der Waals surface area contributed by atoms with Crippen LogP contribution in [0, 0.1) is 13.8 Å². The molecule has 2 aromatic heterocycles. The van der Waals surface area contributed by atoms with Crippen LogP contribution in [0.2, 0.25) is 0 Å². The first-order valence-corrected chi connectivity index (χ1v) is 10.4. The van der Waals surface area contributed by atoms with Gasteiger partial charge in [0, 0.05) is 36.0 Å². The first-order chi connectivity index (χ1) is 15.3. The van der Waals surface area contributed by atoms with Gasteiger partial charge in [0.25, 0.3) is 5.91 Å². The van der Waals surface area contributed by atoms with Crippen LogP contribution in [0.15, 0.2) is 71.1 Å². The van der Waals surface area contributed by atoms with Crippen molar-refractivity contribution in [2.45, 2.75) is 27.3 Å². The zero-order valence-electron chi connectivity index (χ0n) is 18.6. The van der Waals surface area contributed by atoms with Crippen molar-refractivity contribution in [1.82, 2.24) is 14.7 Å². The lowest BCUT2D eigenvalue weighted by Gasteiger charge is -2.16. The van der Waals surface area contributed by atoms with Crippen LogP contribution in [-0.2, 0) is 6.54 Å². The minimum absolute atomic E-state index is 0.00894. The van der Waals surface area contributed by atoms with Gasteiger partial charge >= 0.3 is 0 Å². The number of carbonyl (C=O) groups is 2. The van der Waals surface area contributed by atoms with Crippen molar-refractivity contribution in [3.05, 3.63) is 95.0 Å². The summed E-state index contributed by atoms with van der Waals surface area (Å²) in [5, 5.41) is 4.66. The predicted molar refractivity (Wildman–Crippen MR) is 123 cm³/mol. The quantitative estimate of drug-likeness (QED) is 0.396. The van der Waals surface area contributed by atoms with Gasteiger partial charge in [0.2, 0.25) is 0 Å². The van der Waals surface area contributed by atoms with Crippen LogP contribution in [0.4, 0.5) is 0 Å². The zero-order chi connectivity index (χ0) is 22.8. The smallest absolute Gasteiger partial charge is 0.289 e. The topological polar surface area (TPSA) is 68.3 Å². The molecule has 2 aromatic carbocycles. The van der Waals surface area contributed by atoms with Crippen LogP contribution < -0.4 is 0 Å². The Bertz CT molecular complexity index is 1270. The molecule has 1 amide bonds. The molecule has 0 saturated carbocycles. The van der Waals surface area contributed by atoms with Crippen molar-refractivity contribution in [2.24, 2.45) is 0 Å². The summed E-state index contributed by atoms with van der Waals surface area (Å²) in [6.07, 6.45) is 0. The van der Waals surface area contributed by atoms with Crippen molar-refractivity contribution in [3.63, 3.8) is 0 Å². The fourth-order valence-corrected chi connectivity index (χ4v) is 3.70. The summed E-state index contributed by atoms with van der Waals surface area (Å²) in [6.45, 7) is 5.92. The molecule has 32 heavy (non-hydrogen) atoms. The third-order valence-electron chi connectivity index (χ3n) is 5.58. The molecule has 0 bridgehead atoms. The van der Waals surface area contributed by atoms with Crippen molar-refractivity contribution in [1.29, 1.82) is 0 Å². The molecule has 0 atom stereocenters. The summed E-state index contributed by atoms with van der Waals surface area (Å²) in [5.74, 6) is 0.655. The number of nitrogens with zero attached hydrogens (tertiary/aromatic N) is 3. The molecule has 4 rings (SSSR count). The minimum atomic E-state index is -0.206. The summed E-state index contributed by atoms with van der Waals surface area (Å²) in [4.78, 5) is 26.1. The van der Waals surface area contributed by atoms with Gasteiger partial charge in [0.15, 0.2) is 11.5 Å². The second kappa shape index (κ2) is 8.67. The van der Waals surface area contributed by atoms with Crippen molar-refractivity contribution >= 4 is 11.7 Å². The Kier molecular flexibility index (Phi) is 5.77. The Balaban J connectivity index is 1.52. The number of furan rings is 1. The first-order valence-electron chi connectivity index (χ1n) is 10.4. The van der Waals surface area contributed by atoms with E-state index in [1.807, 2.05) is 61.0 Å². The van der Waals surface area contributed by atoms with E-state index in [0.717, 1.165) is 28.2 Å². The van der Waals surface area contributed by atoms with Gasteiger partial charge in [-0.2, -0.15) is 5.10 Å².